The highest BCUT2D eigenvalue weighted by atomic mass is 16.3. The van der Waals surface area contributed by atoms with Gasteiger partial charge in [-0.25, -0.2) is 0 Å². The van der Waals surface area contributed by atoms with Crippen LogP contribution in [0.3, 0.4) is 0 Å². The van der Waals surface area contributed by atoms with E-state index in [2.05, 4.69) is 22.6 Å². The lowest BCUT2D eigenvalue weighted by molar-refractivity contribution is 0.276. The van der Waals surface area contributed by atoms with Crippen molar-refractivity contribution < 1.29 is 5.11 Å². The second kappa shape index (κ2) is 6.85. The number of aliphatic hydroxyl groups excluding tert-OH is 1. The summed E-state index contributed by atoms with van der Waals surface area (Å²) in [5.41, 5.74) is 0.984. The van der Waals surface area contributed by atoms with Crippen molar-refractivity contribution in [3.8, 4) is 0 Å². The van der Waals surface area contributed by atoms with E-state index in [1.165, 1.54) is 25.7 Å². The van der Waals surface area contributed by atoms with Gasteiger partial charge in [-0.2, -0.15) is 0 Å². The first-order chi connectivity index (χ1) is 8.79. The quantitative estimate of drug-likeness (QED) is 0.768. The van der Waals surface area contributed by atoms with Crippen LogP contribution in [0.15, 0.2) is 6.20 Å². The maximum Gasteiger partial charge on any atom is 0.0964 e. The summed E-state index contributed by atoms with van der Waals surface area (Å²) in [6, 6.07) is 0.565. The van der Waals surface area contributed by atoms with Crippen LogP contribution in [-0.4, -0.2) is 32.7 Å². The Labute approximate surface area is 109 Å². The van der Waals surface area contributed by atoms with E-state index in [1.54, 1.807) is 4.68 Å². The molecular weight excluding hydrogens is 228 g/mol. The largest absolute Gasteiger partial charge is 0.396 e. The van der Waals surface area contributed by atoms with Gasteiger partial charge in [0, 0.05) is 31.9 Å². The van der Waals surface area contributed by atoms with Gasteiger partial charge in [-0.3, -0.25) is 4.68 Å². The van der Waals surface area contributed by atoms with E-state index in [1.807, 2.05) is 6.20 Å². The van der Waals surface area contributed by atoms with Gasteiger partial charge in [-0.1, -0.05) is 18.1 Å². The van der Waals surface area contributed by atoms with Crippen molar-refractivity contribution >= 4 is 0 Å². The number of nitrogens with zero attached hydrogens (tertiary/aromatic N) is 3. The van der Waals surface area contributed by atoms with Gasteiger partial charge >= 0.3 is 0 Å². The minimum Gasteiger partial charge on any atom is -0.396 e. The van der Waals surface area contributed by atoms with Crippen LogP contribution in [-0.2, 0) is 13.1 Å². The van der Waals surface area contributed by atoms with Gasteiger partial charge < -0.3 is 10.4 Å². The number of hydrogen-bond donors (Lipinski definition) is 2. The summed E-state index contributed by atoms with van der Waals surface area (Å²) in [4.78, 5) is 0. The van der Waals surface area contributed by atoms with Crippen LogP contribution in [0.4, 0.5) is 0 Å². The molecule has 102 valence electrons. The molecule has 5 nitrogen and oxygen atoms in total. The molecule has 5 heteroatoms. The summed E-state index contributed by atoms with van der Waals surface area (Å²) in [7, 11) is 0. The Balaban J connectivity index is 1.73. The van der Waals surface area contributed by atoms with Crippen LogP contribution in [0.2, 0.25) is 0 Å². The maximum absolute atomic E-state index is 8.76. The number of aryl methyl sites for hydroxylation is 1. The van der Waals surface area contributed by atoms with E-state index >= 15 is 0 Å². The van der Waals surface area contributed by atoms with Crippen molar-refractivity contribution in [3.05, 3.63) is 11.9 Å². The van der Waals surface area contributed by atoms with Crippen LogP contribution in [0.5, 0.6) is 0 Å². The molecular formula is C13H24N4O. The smallest absolute Gasteiger partial charge is 0.0964 e. The highest BCUT2D eigenvalue weighted by Crippen LogP contribution is 2.27. The molecule has 0 unspecified atom stereocenters. The molecule has 1 saturated carbocycles. The molecule has 1 aliphatic carbocycles. The molecule has 1 heterocycles. The first kappa shape index (κ1) is 13.5. The molecule has 2 rings (SSSR count). The zero-order valence-electron chi connectivity index (χ0n) is 11.2. The van der Waals surface area contributed by atoms with Crippen molar-refractivity contribution in [2.24, 2.45) is 5.92 Å². The van der Waals surface area contributed by atoms with Gasteiger partial charge in [0.1, 0.15) is 0 Å². The molecule has 0 amide bonds. The van der Waals surface area contributed by atoms with Crippen LogP contribution < -0.4 is 5.32 Å². The van der Waals surface area contributed by atoms with E-state index in [9.17, 15) is 0 Å². The van der Waals surface area contributed by atoms with E-state index in [4.69, 9.17) is 5.11 Å². The van der Waals surface area contributed by atoms with Crippen LogP contribution in [0.1, 0.15) is 44.7 Å². The van der Waals surface area contributed by atoms with E-state index in [-0.39, 0.29) is 6.61 Å². The molecule has 0 spiro atoms. The lowest BCUT2D eigenvalue weighted by Crippen LogP contribution is -2.31. The van der Waals surface area contributed by atoms with Gasteiger partial charge in [0.05, 0.1) is 5.69 Å². The molecule has 1 atom stereocenters. The number of hydrogen-bond acceptors (Lipinski definition) is 4. The number of aromatic nitrogens is 3. The summed E-state index contributed by atoms with van der Waals surface area (Å²) in [6.07, 6.45) is 8.18. The SMILES string of the molecule is C[C@@H](NCc1cn(CCCO)nn1)C1CCCC1. The molecule has 0 radical (unpaired) electrons. The molecule has 2 N–H and O–H groups in total. The van der Waals surface area contributed by atoms with Crippen molar-refractivity contribution in [3.63, 3.8) is 0 Å². The van der Waals surface area contributed by atoms with Gasteiger partial charge in [0.2, 0.25) is 0 Å². The number of aliphatic hydroxyl groups is 1. The number of nitrogens with one attached hydrogen (secondary N) is 1. The third kappa shape index (κ3) is 3.78. The van der Waals surface area contributed by atoms with Crippen molar-refractivity contribution in [1.29, 1.82) is 0 Å². The third-order valence-corrected chi connectivity index (χ3v) is 3.84. The fourth-order valence-electron chi connectivity index (χ4n) is 2.65. The average Bonchev–Trinajstić information content (AvgIpc) is 3.04. The van der Waals surface area contributed by atoms with E-state index < -0.39 is 0 Å². The Hall–Kier alpha value is -0.940. The Morgan fingerprint density at radius 3 is 3.00 bits per heavy atom. The molecule has 0 aliphatic heterocycles. The normalized spacial score (nSPS) is 18.3. The molecule has 0 aromatic carbocycles. The summed E-state index contributed by atoms with van der Waals surface area (Å²) in [5.74, 6) is 0.828. The maximum atomic E-state index is 8.76. The third-order valence-electron chi connectivity index (χ3n) is 3.84. The highest BCUT2D eigenvalue weighted by Gasteiger charge is 2.21. The molecule has 1 aromatic rings. The summed E-state index contributed by atoms with van der Waals surface area (Å²) < 4.78 is 1.80. The molecule has 1 fully saturated rings. The Morgan fingerprint density at radius 1 is 1.50 bits per heavy atom. The van der Waals surface area contributed by atoms with Crippen molar-refractivity contribution in [2.45, 2.75) is 58.2 Å². The standard InChI is InChI=1S/C13H24N4O/c1-11(12-5-2-3-6-12)14-9-13-10-17(16-15-13)7-4-8-18/h10-12,14,18H,2-9H2,1H3/t11-/m1/s1. The molecule has 18 heavy (non-hydrogen) atoms. The lowest BCUT2D eigenvalue weighted by Gasteiger charge is -2.19. The Morgan fingerprint density at radius 2 is 2.28 bits per heavy atom. The van der Waals surface area contributed by atoms with Crippen LogP contribution in [0.25, 0.3) is 0 Å². The first-order valence-corrected chi connectivity index (χ1v) is 7.03. The fraction of sp³-hybridized carbons (Fsp3) is 0.846. The number of rotatable bonds is 7. The highest BCUT2D eigenvalue weighted by molar-refractivity contribution is 4.92. The zero-order valence-corrected chi connectivity index (χ0v) is 11.2. The average molecular weight is 252 g/mol. The van der Waals surface area contributed by atoms with Crippen LogP contribution >= 0.6 is 0 Å². The topological polar surface area (TPSA) is 63.0 Å². The molecule has 0 saturated heterocycles. The van der Waals surface area contributed by atoms with Crippen molar-refractivity contribution in [2.75, 3.05) is 6.61 Å². The second-order valence-corrected chi connectivity index (χ2v) is 5.26. The predicted octanol–water partition coefficient (Wildman–Crippen LogP) is 1.33. The summed E-state index contributed by atoms with van der Waals surface area (Å²) >= 11 is 0. The minimum atomic E-state index is 0.201. The summed E-state index contributed by atoms with van der Waals surface area (Å²) in [6.45, 7) is 4.00. The van der Waals surface area contributed by atoms with E-state index in [0.717, 1.165) is 31.1 Å². The molecule has 1 aromatic heterocycles. The summed E-state index contributed by atoms with van der Waals surface area (Å²) in [5, 5.41) is 20.5. The molecule has 0 bridgehead atoms. The van der Waals surface area contributed by atoms with Crippen molar-refractivity contribution in [1.82, 2.24) is 20.3 Å². The Kier molecular flexibility index (Phi) is 5.13. The zero-order chi connectivity index (χ0) is 12.8. The Bertz CT molecular complexity index is 347. The lowest BCUT2D eigenvalue weighted by atomic mass is 10.00. The van der Waals surface area contributed by atoms with Gasteiger partial charge in [0.15, 0.2) is 0 Å². The molecule has 1 aliphatic rings. The van der Waals surface area contributed by atoms with Gasteiger partial charge in [0.25, 0.3) is 0 Å². The van der Waals surface area contributed by atoms with Gasteiger partial charge in [-0.15, -0.1) is 5.10 Å². The van der Waals surface area contributed by atoms with Crippen LogP contribution in [0, 0.1) is 5.92 Å². The second-order valence-electron chi connectivity index (χ2n) is 5.26. The predicted molar refractivity (Wildman–Crippen MR) is 70.0 cm³/mol. The fourth-order valence-corrected chi connectivity index (χ4v) is 2.65. The first-order valence-electron chi connectivity index (χ1n) is 7.03. The minimum absolute atomic E-state index is 0.201. The van der Waals surface area contributed by atoms with Gasteiger partial charge in [-0.05, 0) is 32.1 Å². The van der Waals surface area contributed by atoms with E-state index in [0.29, 0.717) is 6.04 Å². The monoisotopic (exact) mass is 252 g/mol.